The molecule has 34 heavy (non-hydrogen) atoms. The third-order valence-corrected chi connectivity index (χ3v) is 7.07. The number of aromatic nitrogens is 4. The molecule has 174 valence electrons. The maximum atomic E-state index is 13.9. The van der Waals surface area contributed by atoms with Crippen molar-refractivity contribution in [3.63, 3.8) is 0 Å². The van der Waals surface area contributed by atoms with Crippen LogP contribution in [0.5, 0.6) is 0 Å². The normalized spacial score (nSPS) is 19.3. The molecule has 2 aliphatic heterocycles. The van der Waals surface area contributed by atoms with Gasteiger partial charge in [0.15, 0.2) is 5.82 Å². The lowest BCUT2D eigenvalue weighted by molar-refractivity contribution is 0.313. The lowest BCUT2D eigenvalue weighted by atomic mass is 10.0. The summed E-state index contributed by atoms with van der Waals surface area (Å²) in [6.07, 6.45) is 3.83. The summed E-state index contributed by atoms with van der Waals surface area (Å²) in [6, 6.07) is 17.5. The van der Waals surface area contributed by atoms with E-state index in [9.17, 15) is 4.39 Å². The van der Waals surface area contributed by atoms with E-state index in [0.717, 1.165) is 73.9 Å². The summed E-state index contributed by atoms with van der Waals surface area (Å²) in [6.45, 7) is 5.13. The predicted octanol–water partition coefficient (Wildman–Crippen LogP) is 4.02. The number of likely N-dealkylation sites (N-methyl/N-ethyl adjacent to an activating group) is 1. The average molecular weight is 458 g/mol. The lowest BCUT2D eigenvalue weighted by Gasteiger charge is -2.34. The number of piperazine rings is 1. The van der Waals surface area contributed by atoms with Crippen LogP contribution in [-0.4, -0.2) is 64.5 Å². The molecule has 1 unspecified atom stereocenters. The van der Waals surface area contributed by atoms with Crippen molar-refractivity contribution in [1.82, 2.24) is 24.7 Å². The fourth-order valence-corrected chi connectivity index (χ4v) is 5.20. The molecule has 2 fully saturated rings. The first-order valence-electron chi connectivity index (χ1n) is 11.9. The largest absolute Gasteiger partial charge is 0.369 e. The topological polar surface area (TPSA) is 52.8 Å². The van der Waals surface area contributed by atoms with Gasteiger partial charge in [-0.3, -0.25) is 0 Å². The van der Waals surface area contributed by atoms with Gasteiger partial charge in [0.25, 0.3) is 0 Å². The first-order chi connectivity index (χ1) is 16.7. The van der Waals surface area contributed by atoms with Gasteiger partial charge in [0.2, 0.25) is 5.65 Å². The molecule has 0 saturated carbocycles. The van der Waals surface area contributed by atoms with Crippen molar-refractivity contribution in [2.45, 2.75) is 18.9 Å². The Kier molecular flexibility index (Phi) is 5.37. The molecule has 0 bridgehead atoms. The van der Waals surface area contributed by atoms with Gasteiger partial charge in [0, 0.05) is 44.0 Å². The van der Waals surface area contributed by atoms with Gasteiger partial charge in [-0.15, -0.1) is 10.2 Å². The second-order valence-corrected chi connectivity index (χ2v) is 9.22. The molecule has 2 aromatic heterocycles. The number of anilines is 2. The van der Waals surface area contributed by atoms with Gasteiger partial charge in [-0.1, -0.05) is 12.1 Å². The van der Waals surface area contributed by atoms with Crippen LogP contribution in [-0.2, 0) is 0 Å². The number of rotatable bonds is 4. The third-order valence-electron chi connectivity index (χ3n) is 7.07. The highest BCUT2D eigenvalue weighted by atomic mass is 19.1. The summed E-state index contributed by atoms with van der Waals surface area (Å²) in [5.74, 6) is 0.525. The Labute approximate surface area is 198 Å². The molecule has 4 aromatic rings. The molecule has 7 nitrogen and oxygen atoms in total. The van der Waals surface area contributed by atoms with Gasteiger partial charge in [0.1, 0.15) is 5.82 Å². The number of fused-ring (bicyclic) bond motifs is 1. The molecule has 0 amide bonds. The molecule has 0 radical (unpaired) electrons. The van der Waals surface area contributed by atoms with Crippen LogP contribution < -0.4 is 9.80 Å². The Morgan fingerprint density at radius 3 is 2.53 bits per heavy atom. The molecule has 4 heterocycles. The van der Waals surface area contributed by atoms with Crippen LogP contribution in [0, 0.1) is 5.82 Å². The van der Waals surface area contributed by atoms with Crippen LogP contribution in [0.15, 0.2) is 60.8 Å². The van der Waals surface area contributed by atoms with Crippen LogP contribution in [0.4, 0.5) is 15.8 Å². The zero-order valence-electron chi connectivity index (χ0n) is 19.3. The molecule has 0 N–H and O–H groups in total. The Balaban J connectivity index is 1.31. The minimum atomic E-state index is -0.200. The van der Waals surface area contributed by atoms with E-state index in [1.54, 1.807) is 18.3 Å². The summed E-state index contributed by atoms with van der Waals surface area (Å²) in [5.41, 5.74) is 4.91. The lowest BCUT2D eigenvalue weighted by Crippen LogP contribution is -2.44. The van der Waals surface area contributed by atoms with E-state index in [0.29, 0.717) is 0 Å². The van der Waals surface area contributed by atoms with E-state index in [1.807, 2.05) is 16.6 Å². The highest BCUT2D eigenvalue weighted by molar-refractivity contribution is 5.72. The molecule has 8 heteroatoms. The zero-order chi connectivity index (χ0) is 23.1. The van der Waals surface area contributed by atoms with Crippen LogP contribution in [0.25, 0.3) is 17.0 Å². The highest BCUT2D eigenvalue weighted by Gasteiger charge is 2.29. The van der Waals surface area contributed by atoms with Gasteiger partial charge < -0.3 is 14.7 Å². The first kappa shape index (κ1) is 21.0. The molecular weight excluding hydrogens is 429 g/mol. The minimum Gasteiger partial charge on any atom is -0.369 e. The van der Waals surface area contributed by atoms with Crippen molar-refractivity contribution < 1.29 is 4.39 Å². The summed E-state index contributed by atoms with van der Waals surface area (Å²) >= 11 is 0. The van der Waals surface area contributed by atoms with Gasteiger partial charge in [0.05, 0.1) is 17.9 Å². The van der Waals surface area contributed by atoms with E-state index >= 15 is 0 Å². The second-order valence-electron chi connectivity index (χ2n) is 9.22. The SMILES string of the molecule is CN1CCN(c2ccc(-c3nnc4c(N5CCCC5c5cccc(F)c5)ccnn34)cc2)CC1. The van der Waals surface area contributed by atoms with Gasteiger partial charge in [-0.05, 0) is 67.9 Å². The fourth-order valence-electron chi connectivity index (χ4n) is 5.20. The summed E-state index contributed by atoms with van der Waals surface area (Å²) in [5, 5.41) is 13.6. The number of hydrogen-bond donors (Lipinski definition) is 0. The highest BCUT2D eigenvalue weighted by Crippen LogP contribution is 2.38. The summed E-state index contributed by atoms with van der Waals surface area (Å²) in [7, 11) is 2.17. The molecule has 6 rings (SSSR count). The fraction of sp³-hybridized carbons (Fsp3) is 0.346. The molecular formula is C26H28FN7. The van der Waals surface area contributed by atoms with Gasteiger partial charge in [-0.25, -0.2) is 4.39 Å². The summed E-state index contributed by atoms with van der Waals surface area (Å²) in [4.78, 5) is 7.08. The maximum Gasteiger partial charge on any atom is 0.201 e. The van der Waals surface area contributed by atoms with E-state index in [-0.39, 0.29) is 11.9 Å². The quantitative estimate of drug-likeness (QED) is 0.461. The summed E-state index contributed by atoms with van der Waals surface area (Å²) < 4.78 is 15.7. The zero-order valence-corrected chi connectivity index (χ0v) is 19.3. The van der Waals surface area contributed by atoms with E-state index in [4.69, 9.17) is 0 Å². The van der Waals surface area contributed by atoms with Crippen molar-refractivity contribution in [1.29, 1.82) is 0 Å². The van der Waals surface area contributed by atoms with Crippen LogP contribution in [0.2, 0.25) is 0 Å². The monoisotopic (exact) mass is 457 g/mol. The maximum absolute atomic E-state index is 13.9. The van der Waals surface area contributed by atoms with E-state index < -0.39 is 0 Å². The molecule has 0 aliphatic carbocycles. The standard InChI is InChI=1S/C26H28FN7/c1-31-14-16-32(17-15-31)22-9-7-19(8-10-22)25-29-30-26-24(11-12-28-34(25)26)33-13-3-6-23(33)20-4-2-5-21(27)18-20/h2,4-5,7-12,18,23H,3,6,13-17H2,1H3. The van der Waals surface area contributed by atoms with Crippen LogP contribution in [0.3, 0.4) is 0 Å². The number of nitrogens with zero attached hydrogens (tertiary/aromatic N) is 7. The van der Waals surface area contributed by atoms with Crippen molar-refractivity contribution >= 4 is 17.0 Å². The number of halogens is 1. The molecule has 1 atom stereocenters. The molecule has 0 spiro atoms. The average Bonchev–Trinajstić information content (AvgIpc) is 3.52. The smallest absolute Gasteiger partial charge is 0.201 e. The van der Waals surface area contributed by atoms with Crippen LogP contribution in [0.1, 0.15) is 24.4 Å². The molecule has 2 saturated heterocycles. The van der Waals surface area contributed by atoms with E-state index in [1.165, 1.54) is 11.8 Å². The van der Waals surface area contributed by atoms with Gasteiger partial charge >= 0.3 is 0 Å². The second kappa shape index (κ2) is 8.68. The van der Waals surface area contributed by atoms with Gasteiger partial charge in [-0.2, -0.15) is 9.61 Å². The van der Waals surface area contributed by atoms with Crippen molar-refractivity contribution in [2.75, 3.05) is 49.6 Å². The Morgan fingerprint density at radius 1 is 0.912 bits per heavy atom. The van der Waals surface area contributed by atoms with Crippen LogP contribution >= 0.6 is 0 Å². The molecule has 2 aliphatic rings. The van der Waals surface area contributed by atoms with Crippen molar-refractivity contribution in [2.24, 2.45) is 0 Å². The Hall–Kier alpha value is -3.52. The van der Waals surface area contributed by atoms with Crippen molar-refractivity contribution in [3.8, 4) is 11.4 Å². The predicted molar refractivity (Wildman–Crippen MR) is 132 cm³/mol. The number of benzene rings is 2. The Bertz CT molecular complexity index is 1290. The minimum absolute atomic E-state index is 0.116. The first-order valence-corrected chi connectivity index (χ1v) is 11.9. The van der Waals surface area contributed by atoms with E-state index in [2.05, 4.69) is 61.3 Å². The number of hydrogen-bond acceptors (Lipinski definition) is 6. The molecule has 2 aromatic carbocycles. The van der Waals surface area contributed by atoms with Crippen molar-refractivity contribution in [3.05, 3.63) is 72.2 Å². The Morgan fingerprint density at radius 2 is 1.74 bits per heavy atom. The third kappa shape index (κ3) is 3.77.